The molecule has 0 aliphatic carbocycles. The van der Waals surface area contributed by atoms with Gasteiger partial charge in [0.1, 0.15) is 16.5 Å². The molecule has 0 bridgehead atoms. The molecular weight excluding hydrogens is 320 g/mol. The molecule has 110 valence electrons. The van der Waals surface area contributed by atoms with Crippen molar-refractivity contribution in [1.29, 1.82) is 0 Å². The summed E-state index contributed by atoms with van der Waals surface area (Å²) in [6.07, 6.45) is 1.35. The number of halogens is 3. The number of benzene rings is 1. The number of aromatic nitrogens is 1. The van der Waals surface area contributed by atoms with E-state index in [1.54, 1.807) is 0 Å². The van der Waals surface area contributed by atoms with Gasteiger partial charge in [-0.15, -0.1) is 0 Å². The Hall–Kier alpha value is -1.89. The number of rotatable bonds is 4. The minimum atomic E-state index is -0.727. The van der Waals surface area contributed by atoms with Crippen molar-refractivity contribution in [3.8, 4) is 0 Å². The number of hydrogen-bond acceptors (Lipinski definition) is 4. The summed E-state index contributed by atoms with van der Waals surface area (Å²) in [5, 5.41) is 3.34. The third-order valence-corrected chi connectivity index (χ3v) is 3.03. The smallest absolute Gasteiger partial charge is 0.279 e. The Kier molecular flexibility index (Phi) is 4.95. The molecule has 0 radical (unpaired) electrons. The zero-order valence-electron chi connectivity index (χ0n) is 10.8. The third-order valence-electron chi connectivity index (χ3n) is 2.53. The molecule has 8 heteroatoms. The summed E-state index contributed by atoms with van der Waals surface area (Å²) in [4.78, 5) is 20.2. The van der Waals surface area contributed by atoms with Gasteiger partial charge < -0.3 is 5.32 Å². The van der Waals surface area contributed by atoms with Gasteiger partial charge in [-0.25, -0.2) is 14.9 Å². The van der Waals surface area contributed by atoms with Crippen molar-refractivity contribution in [3.05, 3.63) is 52.0 Å². The fraction of sp³-hybridized carbons (Fsp3) is 0.0769. The van der Waals surface area contributed by atoms with E-state index < -0.39 is 11.7 Å². The van der Waals surface area contributed by atoms with Crippen LogP contribution in [0.4, 0.5) is 15.8 Å². The fourth-order valence-electron chi connectivity index (χ4n) is 1.66. The van der Waals surface area contributed by atoms with Gasteiger partial charge in [0.25, 0.3) is 5.91 Å². The van der Waals surface area contributed by atoms with Gasteiger partial charge in [-0.3, -0.25) is 9.63 Å². The maximum absolute atomic E-state index is 13.9. The van der Waals surface area contributed by atoms with E-state index in [0.29, 0.717) is 5.69 Å². The number of carbonyl (C=O) groups excluding carboxylic acids is 1. The molecule has 0 unspecified atom stereocenters. The van der Waals surface area contributed by atoms with E-state index in [9.17, 15) is 9.18 Å². The van der Waals surface area contributed by atoms with Crippen LogP contribution in [0.25, 0.3) is 0 Å². The van der Waals surface area contributed by atoms with Crippen LogP contribution in [0.3, 0.4) is 0 Å². The van der Waals surface area contributed by atoms with E-state index >= 15 is 0 Å². The minimum absolute atomic E-state index is 0.205. The molecule has 0 saturated heterocycles. The van der Waals surface area contributed by atoms with E-state index in [4.69, 9.17) is 23.2 Å². The molecule has 0 saturated carbocycles. The highest BCUT2D eigenvalue weighted by atomic mass is 35.5. The second-order valence-corrected chi connectivity index (χ2v) is 4.70. The number of carbonyl (C=O) groups is 1. The Morgan fingerprint density at radius 3 is 2.81 bits per heavy atom. The van der Waals surface area contributed by atoms with Gasteiger partial charge in [0.15, 0.2) is 0 Å². The molecule has 2 rings (SSSR count). The molecule has 1 amide bonds. The van der Waals surface area contributed by atoms with Crippen LogP contribution in [-0.2, 0) is 4.84 Å². The summed E-state index contributed by atoms with van der Waals surface area (Å²) in [5.41, 5.74) is 2.47. The lowest BCUT2D eigenvalue weighted by Gasteiger charge is -2.13. The lowest BCUT2D eigenvalue weighted by atomic mass is 10.1. The van der Waals surface area contributed by atoms with Crippen LogP contribution in [0.15, 0.2) is 30.5 Å². The highest BCUT2D eigenvalue weighted by Gasteiger charge is 2.17. The lowest BCUT2D eigenvalue weighted by Crippen LogP contribution is -2.24. The average molecular weight is 330 g/mol. The zero-order valence-corrected chi connectivity index (χ0v) is 12.3. The SMILES string of the molecule is CONC(=O)c1c(F)cccc1Nc1cc(Cl)ncc1Cl. The predicted molar refractivity (Wildman–Crippen MR) is 78.4 cm³/mol. The molecule has 2 N–H and O–H groups in total. The van der Waals surface area contributed by atoms with Crippen molar-refractivity contribution in [3.63, 3.8) is 0 Å². The minimum Gasteiger partial charge on any atom is -0.353 e. The van der Waals surface area contributed by atoms with Crippen molar-refractivity contribution < 1.29 is 14.0 Å². The quantitative estimate of drug-likeness (QED) is 0.665. The van der Waals surface area contributed by atoms with Gasteiger partial charge in [-0.1, -0.05) is 29.3 Å². The van der Waals surface area contributed by atoms with E-state index in [1.807, 2.05) is 0 Å². The second-order valence-electron chi connectivity index (χ2n) is 3.91. The summed E-state index contributed by atoms with van der Waals surface area (Å²) >= 11 is 11.8. The van der Waals surface area contributed by atoms with Crippen LogP contribution in [0.5, 0.6) is 0 Å². The van der Waals surface area contributed by atoms with Gasteiger partial charge in [0.05, 0.1) is 23.5 Å². The Bertz CT molecular complexity index is 682. The summed E-state index contributed by atoms with van der Waals surface area (Å²) in [5.74, 6) is -1.43. The molecule has 0 spiro atoms. The van der Waals surface area contributed by atoms with E-state index in [0.717, 1.165) is 6.07 Å². The molecule has 1 heterocycles. The number of nitrogens with one attached hydrogen (secondary N) is 2. The van der Waals surface area contributed by atoms with E-state index in [1.165, 1.54) is 31.5 Å². The summed E-state index contributed by atoms with van der Waals surface area (Å²) in [6.45, 7) is 0. The molecule has 1 aromatic heterocycles. The number of pyridine rings is 1. The number of hydrogen-bond donors (Lipinski definition) is 2. The second kappa shape index (κ2) is 6.71. The van der Waals surface area contributed by atoms with E-state index in [-0.39, 0.29) is 21.4 Å². The predicted octanol–water partition coefficient (Wildman–Crippen LogP) is 3.56. The van der Waals surface area contributed by atoms with Gasteiger partial charge in [-0.05, 0) is 12.1 Å². The van der Waals surface area contributed by atoms with Gasteiger partial charge >= 0.3 is 0 Å². The molecule has 0 aliphatic heterocycles. The largest absolute Gasteiger partial charge is 0.353 e. The molecule has 0 atom stereocenters. The first kappa shape index (κ1) is 15.5. The van der Waals surface area contributed by atoms with Gasteiger partial charge in [0.2, 0.25) is 0 Å². The first-order valence-electron chi connectivity index (χ1n) is 5.73. The maximum atomic E-state index is 13.9. The Balaban J connectivity index is 2.42. The summed E-state index contributed by atoms with van der Waals surface area (Å²) in [7, 11) is 1.26. The van der Waals surface area contributed by atoms with Crippen molar-refractivity contribution in [1.82, 2.24) is 10.5 Å². The normalized spacial score (nSPS) is 10.3. The van der Waals surface area contributed by atoms with Crippen molar-refractivity contribution in [2.45, 2.75) is 0 Å². The highest BCUT2D eigenvalue weighted by molar-refractivity contribution is 6.34. The lowest BCUT2D eigenvalue weighted by molar-refractivity contribution is 0.0534. The van der Waals surface area contributed by atoms with E-state index in [2.05, 4.69) is 20.6 Å². The molecule has 2 aromatic rings. The van der Waals surface area contributed by atoms with Crippen LogP contribution in [0.1, 0.15) is 10.4 Å². The van der Waals surface area contributed by atoms with Crippen LogP contribution in [0.2, 0.25) is 10.2 Å². The first-order valence-corrected chi connectivity index (χ1v) is 6.48. The Morgan fingerprint density at radius 1 is 1.33 bits per heavy atom. The Morgan fingerprint density at radius 2 is 2.10 bits per heavy atom. The number of amides is 1. The number of hydroxylamine groups is 1. The monoisotopic (exact) mass is 329 g/mol. The zero-order chi connectivity index (χ0) is 15.4. The van der Waals surface area contributed by atoms with Crippen molar-refractivity contribution in [2.75, 3.05) is 12.4 Å². The molecular formula is C13H10Cl2FN3O2. The highest BCUT2D eigenvalue weighted by Crippen LogP contribution is 2.29. The van der Waals surface area contributed by atoms with Gasteiger partial charge in [-0.2, -0.15) is 0 Å². The molecule has 0 fully saturated rings. The first-order chi connectivity index (χ1) is 10.0. The molecule has 0 aliphatic rings. The third kappa shape index (κ3) is 3.60. The summed E-state index contributed by atoms with van der Waals surface area (Å²) < 4.78 is 13.9. The van der Waals surface area contributed by atoms with Crippen LogP contribution in [-0.4, -0.2) is 18.0 Å². The van der Waals surface area contributed by atoms with Crippen molar-refractivity contribution in [2.24, 2.45) is 0 Å². The van der Waals surface area contributed by atoms with Crippen molar-refractivity contribution >= 4 is 40.5 Å². The summed E-state index contributed by atoms with van der Waals surface area (Å²) in [6, 6.07) is 5.61. The standard InChI is InChI=1S/C13H10Cl2FN3O2/c1-21-19-13(20)12-8(16)3-2-4-9(12)18-10-5-11(15)17-6-7(10)14/h2-6H,1H3,(H,17,18)(H,19,20). The van der Waals surface area contributed by atoms with Crippen LogP contribution < -0.4 is 10.8 Å². The fourth-order valence-corrected chi connectivity index (χ4v) is 1.97. The molecule has 5 nitrogen and oxygen atoms in total. The number of nitrogens with zero attached hydrogens (tertiary/aromatic N) is 1. The van der Waals surface area contributed by atoms with Gasteiger partial charge in [0, 0.05) is 12.3 Å². The molecule has 1 aromatic carbocycles. The number of anilines is 2. The Labute approximate surface area is 130 Å². The average Bonchev–Trinajstić information content (AvgIpc) is 2.43. The maximum Gasteiger partial charge on any atom is 0.279 e. The topological polar surface area (TPSA) is 63.2 Å². The van der Waals surface area contributed by atoms with Crippen LogP contribution in [0, 0.1) is 5.82 Å². The molecule has 21 heavy (non-hydrogen) atoms. The van der Waals surface area contributed by atoms with Crippen LogP contribution >= 0.6 is 23.2 Å².